The molecule has 1 aromatic rings. The largest absolute Gasteiger partial charge is 0.382 e. The molecule has 0 spiro atoms. The van der Waals surface area contributed by atoms with Crippen LogP contribution in [0.4, 0.5) is 17.1 Å². The van der Waals surface area contributed by atoms with Crippen LogP contribution < -0.4 is 16.6 Å². The number of nitro benzene ring substituents is 1. The lowest BCUT2D eigenvalue weighted by atomic mass is 10.1. The van der Waals surface area contributed by atoms with Gasteiger partial charge in [0.15, 0.2) is 0 Å². The van der Waals surface area contributed by atoms with Gasteiger partial charge in [-0.25, -0.2) is 0 Å². The van der Waals surface area contributed by atoms with Gasteiger partial charge in [0.2, 0.25) is 0 Å². The molecule has 0 aromatic heterocycles. The number of nitro groups is 1. The quantitative estimate of drug-likeness (QED) is 0.402. The molecule has 6 nitrogen and oxygen atoms in total. The Kier molecular flexibility index (Phi) is 4.71. The predicted molar refractivity (Wildman–Crippen MR) is 68.9 cm³/mol. The van der Waals surface area contributed by atoms with Crippen molar-refractivity contribution in [3.05, 3.63) is 28.3 Å². The minimum atomic E-state index is -0.432. The summed E-state index contributed by atoms with van der Waals surface area (Å²) < 4.78 is 0. The number of nitrogens with one attached hydrogen (secondary N) is 2. The van der Waals surface area contributed by atoms with Gasteiger partial charge in [0, 0.05) is 23.9 Å². The molecule has 0 bridgehead atoms. The average Bonchev–Trinajstić information content (AvgIpc) is 2.35. The van der Waals surface area contributed by atoms with E-state index in [1.54, 1.807) is 6.07 Å². The maximum atomic E-state index is 10.8. The van der Waals surface area contributed by atoms with E-state index in [2.05, 4.69) is 24.6 Å². The van der Waals surface area contributed by atoms with Crippen LogP contribution in [0.1, 0.15) is 26.7 Å². The fraction of sp³-hybridized carbons (Fsp3) is 0.455. The summed E-state index contributed by atoms with van der Waals surface area (Å²) in [5, 5.41) is 14.0. The average molecular weight is 238 g/mol. The summed E-state index contributed by atoms with van der Waals surface area (Å²) in [4.78, 5) is 10.3. The van der Waals surface area contributed by atoms with E-state index in [9.17, 15) is 10.1 Å². The van der Waals surface area contributed by atoms with Gasteiger partial charge in [0.25, 0.3) is 5.69 Å². The monoisotopic (exact) mass is 238 g/mol. The van der Waals surface area contributed by atoms with E-state index in [0.29, 0.717) is 17.4 Å². The zero-order chi connectivity index (χ0) is 12.8. The highest BCUT2D eigenvalue weighted by atomic mass is 16.6. The summed E-state index contributed by atoms with van der Waals surface area (Å²) in [7, 11) is 0. The summed E-state index contributed by atoms with van der Waals surface area (Å²) in [5.41, 5.74) is 3.68. The number of nitrogens with two attached hydrogens (primary N) is 1. The van der Waals surface area contributed by atoms with E-state index in [-0.39, 0.29) is 5.69 Å². The van der Waals surface area contributed by atoms with Crippen molar-refractivity contribution in [1.29, 1.82) is 0 Å². The molecule has 0 fully saturated rings. The van der Waals surface area contributed by atoms with Gasteiger partial charge >= 0.3 is 0 Å². The predicted octanol–water partition coefficient (Wildman–Crippen LogP) is 2.48. The molecule has 17 heavy (non-hydrogen) atoms. The molecule has 0 aliphatic heterocycles. The van der Waals surface area contributed by atoms with Crippen LogP contribution in [0.5, 0.6) is 0 Å². The fourth-order valence-electron chi connectivity index (χ4n) is 1.61. The molecule has 0 aliphatic carbocycles. The Morgan fingerprint density at radius 2 is 1.88 bits per heavy atom. The lowest BCUT2D eigenvalue weighted by Gasteiger charge is -2.16. The van der Waals surface area contributed by atoms with Crippen molar-refractivity contribution in [1.82, 2.24) is 0 Å². The van der Waals surface area contributed by atoms with E-state index in [0.717, 1.165) is 12.8 Å². The number of non-ortho nitro benzene ring substituents is 1. The van der Waals surface area contributed by atoms with Gasteiger partial charge in [-0.1, -0.05) is 13.8 Å². The molecule has 0 radical (unpaired) electrons. The van der Waals surface area contributed by atoms with E-state index in [4.69, 9.17) is 5.84 Å². The van der Waals surface area contributed by atoms with Crippen molar-refractivity contribution in [3.63, 3.8) is 0 Å². The smallest absolute Gasteiger partial charge is 0.273 e. The number of rotatable bonds is 6. The summed E-state index contributed by atoms with van der Waals surface area (Å²) in [6.45, 7) is 4.14. The lowest BCUT2D eigenvalue weighted by molar-refractivity contribution is -0.384. The SMILES string of the molecule is CCC(CC)Nc1cc(NN)cc([N+](=O)[O-])c1. The summed E-state index contributed by atoms with van der Waals surface area (Å²) in [5.74, 6) is 5.28. The van der Waals surface area contributed by atoms with Crippen LogP contribution in [-0.4, -0.2) is 11.0 Å². The highest BCUT2D eigenvalue weighted by Crippen LogP contribution is 2.24. The van der Waals surface area contributed by atoms with Crippen LogP contribution in [0, 0.1) is 10.1 Å². The van der Waals surface area contributed by atoms with Gasteiger partial charge in [-0.3, -0.25) is 16.0 Å². The second kappa shape index (κ2) is 6.05. The third-order valence-corrected chi connectivity index (χ3v) is 2.65. The third-order valence-electron chi connectivity index (χ3n) is 2.65. The number of benzene rings is 1. The fourth-order valence-corrected chi connectivity index (χ4v) is 1.61. The molecule has 0 unspecified atom stereocenters. The van der Waals surface area contributed by atoms with Crippen LogP contribution in [0.2, 0.25) is 0 Å². The number of nitrogens with zero attached hydrogens (tertiary/aromatic N) is 1. The van der Waals surface area contributed by atoms with Crippen LogP contribution in [0.15, 0.2) is 18.2 Å². The molecule has 0 saturated carbocycles. The van der Waals surface area contributed by atoms with Gasteiger partial charge in [0.05, 0.1) is 10.6 Å². The van der Waals surface area contributed by atoms with Crippen molar-refractivity contribution in [2.45, 2.75) is 32.7 Å². The Bertz CT molecular complexity index is 391. The number of hydrogen-bond acceptors (Lipinski definition) is 5. The molecule has 94 valence electrons. The Labute approximate surface area is 100 Å². The van der Waals surface area contributed by atoms with Crippen molar-refractivity contribution in [2.24, 2.45) is 5.84 Å². The van der Waals surface area contributed by atoms with Crippen molar-refractivity contribution in [2.75, 3.05) is 10.7 Å². The number of hydrogen-bond donors (Lipinski definition) is 3. The minimum Gasteiger partial charge on any atom is -0.382 e. The minimum absolute atomic E-state index is 0.0221. The van der Waals surface area contributed by atoms with Gasteiger partial charge in [0.1, 0.15) is 0 Å². The van der Waals surface area contributed by atoms with Crippen molar-refractivity contribution < 1.29 is 4.92 Å². The maximum absolute atomic E-state index is 10.8. The number of hydrazine groups is 1. The summed E-state index contributed by atoms with van der Waals surface area (Å²) in [6, 6.07) is 4.98. The van der Waals surface area contributed by atoms with Crippen LogP contribution in [0.3, 0.4) is 0 Å². The van der Waals surface area contributed by atoms with Crippen LogP contribution in [0.25, 0.3) is 0 Å². The molecule has 1 aromatic carbocycles. The van der Waals surface area contributed by atoms with Gasteiger partial charge in [-0.15, -0.1) is 0 Å². The summed E-state index contributed by atoms with van der Waals surface area (Å²) in [6.07, 6.45) is 1.93. The first kappa shape index (κ1) is 13.2. The highest BCUT2D eigenvalue weighted by molar-refractivity contribution is 5.63. The first-order valence-electron chi connectivity index (χ1n) is 5.63. The third kappa shape index (κ3) is 3.60. The molecule has 0 amide bonds. The molecule has 0 heterocycles. The van der Waals surface area contributed by atoms with E-state index < -0.39 is 4.92 Å². The van der Waals surface area contributed by atoms with Crippen molar-refractivity contribution in [3.8, 4) is 0 Å². The number of anilines is 2. The number of nitrogen functional groups attached to an aromatic ring is 1. The second-order valence-corrected chi connectivity index (χ2v) is 3.83. The molecule has 0 aliphatic rings. The Morgan fingerprint density at radius 1 is 1.29 bits per heavy atom. The summed E-state index contributed by atoms with van der Waals surface area (Å²) >= 11 is 0. The van der Waals surface area contributed by atoms with Crippen LogP contribution in [-0.2, 0) is 0 Å². The first-order valence-corrected chi connectivity index (χ1v) is 5.63. The van der Waals surface area contributed by atoms with E-state index in [1.807, 2.05) is 0 Å². The molecular formula is C11H18N4O2. The van der Waals surface area contributed by atoms with Crippen LogP contribution >= 0.6 is 0 Å². The van der Waals surface area contributed by atoms with E-state index >= 15 is 0 Å². The zero-order valence-corrected chi connectivity index (χ0v) is 10.1. The molecule has 0 saturated heterocycles. The van der Waals surface area contributed by atoms with Gasteiger partial charge in [-0.2, -0.15) is 0 Å². The highest BCUT2D eigenvalue weighted by Gasteiger charge is 2.11. The topological polar surface area (TPSA) is 93.2 Å². The van der Waals surface area contributed by atoms with E-state index in [1.165, 1.54) is 12.1 Å². The lowest BCUT2D eigenvalue weighted by Crippen LogP contribution is -2.17. The molecular weight excluding hydrogens is 220 g/mol. The Morgan fingerprint density at radius 3 is 2.35 bits per heavy atom. The maximum Gasteiger partial charge on any atom is 0.273 e. The normalized spacial score (nSPS) is 10.4. The Balaban J connectivity index is 2.98. The van der Waals surface area contributed by atoms with Gasteiger partial charge in [-0.05, 0) is 18.9 Å². The zero-order valence-electron chi connectivity index (χ0n) is 10.1. The van der Waals surface area contributed by atoms with Gasteiger partial charge < -0.3 is 10.7 Å². The van der Waals surface area contributed by atoms with Crippen molar-refractivity contribution >= 4 is 17.1 Å². The molecule has 6 heteroatoms. The first-order chi connectivity index (χ1) is 8.10. The molecule has 4 N–H and O–H groups in total. The molecule has 0 atom stereocenters. The Hall–Kier alpha value is -1.82. The second-order valence-electron chi connectivity index (χ2n) is 3.83. The molecule has 1 rings (SSSR count). The standard InChI is InChI=1S/C11H18N4O2/c1-3-8(4-2)13-9-5-10(14-12)7-11(6-9)15(16)17/h5-8,13-14H,3-4,12H2,1-2H3.